The molecule has 0 saturated carbocycles. The SMILES string of the molecule is Cc1nn2c(c1C(=O)C[C@H](C)C(F)(F)F)CN(C(=O)Nc1ccc(F)c(F)c1)CC2. The van der Waals surface area contributed by atoms with Crippen LogP contribution in [0, 0.1) is 24.5 Å². The van der Waals surface area contributed by atoms with Gasteiger partial charge < -0.3 is 10.2 Å². The van der Waals surface area contributed by atoms with Gasteiger partial charge in [0.1, 0.15) is 0 Å². The number of Topliss-reactive ketones (excluding diaryl/α,β-unsaturated/α-hetero) is 1. The molecule has 11 heteroatoms. The first-order chi connectivity index (χ1) is 14.0. The van der Waals surface area contributed by atoms with Crippen LogP contribution in [0.5, 0.6) is 0 Å². The van der Waals surface area contributed by atoms with Crippen LogP contribution in [0.3, 0.4) is 0 Å². The van der Waals surface area contributed by atoms with Gasteiger partial charge in [0.25, 0.3) is 0 Å². The molecule has 2 amide bonds. The minimum atomic E-state index is -4.49. The van der Waals surface area contributed by atoms with Crippen molar-refractivity contribution in [2.75, 3.05) is 11.9 Å². The Morgan fingerprint density at radius 1 is 1.20 bits per heavy atom. The molecule has 0 unspecified atom stereocenters. The maximum atomic E-state index is 13.3. The highest BCUT2D eigenvalue weighted by molar-refractivity contribution is 5.98. The first-order valence-corrected chi connectivity index (χ1v) is 9.14. The molecule has 162 valence electrons. The number of aromatic nitrogens is 2. The van der Waals surface area contributed by atoms with E-state index in [0.29, 0.717) is 11.4 Å². The van der Waals surface area contributed by atoms with E-state index in [1.54, 1.807) is 0 Å². The monoisotopic (exact) mass is 430 g/mol. The minimum absolute atomic E-state index is 0.0458. The molecule has 1 aromatic heterocycles. The summed E-state index contributed by atoms with van der Waals surface area (Å²) >= 11 is 0. The second-order valence-electron chi connectivity index (χ2n) is 7.18. The molecule has 0 radical (unpaired) electrons. The molecule has 3 rings (SSSR count). The summed E-state index contributed by atoms with van der Waals surface area (Å²) in [7, 11) is 0. The van der Waals surface area contributed by atoms with Gasteiger partial charge in [-0.3, -0.25) is 9.48 Å². The maximum absolute atomic E-state index is 13.3. The quantitative estimate of drug-likeness (QED) is 0.581. The van der Waals surface area contributed by atoms with Crippen LogP contribution in [0.1, 0.15) is 35.1 Å². The minimum Gasteiger partial charge on any atom is -0.317 e. The van der Waals surface area contributed by atoms with E-state index in [9.17, 15) is 31.5 Å². The maximum Gasteiger partial charge on any atom is 0.391 e. The largest absolute Gasteiger partial charge is 0.391 e. The van der Waals surface area contributed by atoms with Gasteiger partial charge in [-0.1, -0.05) is 6.92 Å². The molecule has 0 aliphatic carbocycles. The lowest BCUT2D eigenvalue weighted by molar-refractivity contribution is -0.168. The zero-order chi connectivity index (χ0) is 22.2. The predicted octanol–water partition coefficient (Wildman–Crippen LogP) is 4.29. The van der Waals surface area contributed by atoms with Gasteiger partial charge in [0.2, 0.25) is 0 Å². The molecule has 0 bridgehead atoms. The number of carbonyl (C=O) groups excluding carboxylic acids is 2. The van der Waals surface area contributed by atoms with Gasteiger partial charge in [-0.25, -0.2) is 13.6 Å². The van der Waals surface area contributed by atoms with E-state index in [4.69, 9.17) is 0 Å². The number of ketones is 1. The predicted molar refractivity (Wildman–Crippen MR) is 96.9 cm³/mol. The Balaban J connectivity index is 1.77. The van der Waals surface area contributed by atoms with Crippen LogP contribution >= 0.6 is 0 Å². The Hall–Kier alpha value is -2.98. The summed E-state index contributed by atoms with van der Waals surface area (Å²) < 4.78 is 66.4. The van der Waals surface area contributed by atoms with Crippen LogP contribution in [-0.2, 0) is 13.1 Å². The molecule has 0 saturated heterocycles. The van der Waals surface area contributed by atoms with Gasteiger partial charge in [0.15, 0.2) is 17.4 Å². The van der Waals surface area contributed by atoms with E-state index in [2.05, 4.69) is 10.4 Å². The summed E-state index contributed by atoms with van der Waals surface area (Å²) in [6, 6.07) is 2.28. The van der Waals surface area contributed by atoms with Gasteiger partial charge >= 0.3 is 12.2 Å². The van der Waals surface area contributed by atoms with Crippen molar-refractivity contribution in [2.24, 2.45) is 5.92 Å². The molecule has 1 aromatic carbocycles. The molecule has 6 nitrogen and oxygen atoms in total. The number of fused-ring (bicyclic) bond motifs is 1. The van der Waals surface area contributed by atoms with Crippen molar-refractivity contribution in [3.05, 3.63) is 46.8 Å². The Morgan fingerprint density at radius 2 is 1.90 bits per heavy atom. The van der Waals surface area contributed by atoms with Crippen LogP contribution in [0.2, 0.25) is 0 Å². The molecule has 30 heavy (non-hydrogen) atoms. The number of hydrogen-bond acceptors (Lipinski definition) is 3. The summed E-state index contributed by atoms with van der Waals surface area (Å²) in [5.74, 6) is -4.67. The van der Waals surface area contributed by atoms with Gasteiger partial charge in [-0.2, -0.15) is 18.3 Å². The third-order valence-electron chi connectivity index (χ3n) is 4.94. The number of nitrogens with one attached hydrogen (secondary N) is 1. The average molecular weight is 430 g/mol. The molecule has 0 fully saturated rings. The fraction of sp³-hybridized carbons (Fsp3) is 0.421. The first-order valence-electron chi connectivity index (χ1n) is 9.14. The summed E-state index contributed by atoms with van der Waals surface area (Å²) in [6.07, 6.45) is -5.21. The molecule has 1 aliphatic heterocycles. The Labute approximate surface area is 168 Å². The second-order valence-corrected chi connectivity index (χ2v) is 7.18. The fourth-order valence-electron chi connectivity index (χ4n) is 3.26. The zero-order valence-corrected chi connectivity index (χ0v) is 16.2. The van der Waals surface area contributed by atoms with Gasteiger partial charge in [-0.05, 0) is 19.1 Å². The van der Waals surface area contributed by atoms with Gasteiger partial charge in [0, 0.05) is 24.7 Å². The normalized spacial score (nSPS) is 15.0. The Kier molecular flexibility index (Phi) is 5.82. The van der Waals surface area contributed by atoms with Crippen molar-refractivity contribution in [1.29, 1.82) is 0 Å². The summed E-state index contributed by atoms with van der Waals surface area (Å²) in [5.41, 5.74) is 0.770. The van der Waals surface area contributed by atoms with Crippen molar-refractivity contribution in [3.8, 4) is 0 Å². The van der Waals surface area contributed by atoms with Gasteiger partial charge in [0.05, 0.1) is 36.0 Å². The number of anilines is 1. The average Bonchev–Trinajstić information content (AvgIpc) is 2.98. The number of urea groups is 1. The molecule has 0 spiro atoms. The van der Waals surface area contributed by atoms with Crippen LogP contribution < -0.4 is 5.32 Å². The van der Waals surface area contributed by atoms with Crippen molar-refractivity contribution < 1.29 is 31.5 Å². The molecule has 1 atom stereocenters. The molecular weight excluding hydrogens is 411 g/mol. The number of amides is 2. The van der Waals surface area contributed by atoms with Crippen molar-refractivity contribution in [2.45, 2.75) is 39.5 Å². The lowest BCUT2D eigenvalue weighted by Gasteiger charge is -2.28. The van der Waals surface area contributed by atoms with E-state index < -0.39 is 42.0 Å². The smallest absolute Gasteiger partial charge is 0.317 e. The molecular formula is C19H19F5N4O2. The van der Waals surface area contributed by atoms with E-state index in [0.717, 1.165) is 19.1 Å². The third kappa shape index (κ3) is 4.44. The third-order valence-corrected chi connectivity index (χ3v) is 4.94. The molecule has 1 aliphatic rings. The Bertz CT molecular complexity index is 986. The summed E-state index contributed by atoms with van der Waals surface area (Å²) in [6.45, 7) is 2.87. The fourth-order valence-corrected chi connectivity index (χ4v) is 3.26. The van der Waals surface area contributed by atoms with E-state index in [1.165, 1.54) is 22.6 Å². The van der Waals surface area contributed by atoms with Crippen molar-refractivity contribution in [1.82, 2.24) is 14.7 Å². The van der Waals surface area contributed by atoms with Crippen LogP contribution in [0.25, 0.3) is 0 Å². The number of rotatable bonds is 4. The zero-order valence-electron chi connectivity index (χ0n) is 16.2. The molecule has 2 aromatic rings. The number of nitrogens with zero attached hydrogens (tertiary/aromatic N) is 3. The summed E-state index contributed by atoms with van der Waals surface area (Å²) in [5, 5.41) is 6.64. The second kappa shape index (κ2) is 8.04. The number of halogens is 5. The van der Waals surface area contributed by atoms with Gasteiger partial charge in [-0.15, -0.1) is 0 Å². The summed E-state index contributed by atoms with van der Waals surface area (Å²) in [4.78, 5) is 26.4. The number of carbonyl (C=O) groups is 2. The molecule has 1 N–H and O–H groups in total. The first kappa shape index (κ1) is 21.7. The molecule has 2 heterocycles. The van der Waals surface area contributed by atoms with E-state index in [1.807, 2.05) is 0 Å². The lowest BCUT2D eigenvalue weighted by atomic mass is 9.97. The number of hydrogen-bond donors (Lipinski definition) is 1. The van der Waals surface area contributed by atoms with Crippen LogP contribution in [-0.4, -0.2) is 39.2 Å². The highest BCUT2D eigenvalue weighted by Gasteiger charge is 2.38. The van der Waals surface area contributed by atoms with Crippen LogP contribution in [0.15, 0.2) is 18.2 Å². The highest BCUT2D eigenvalue weighted by Crippen LogP contribution is 2.31. The van der Waals surface area contributed by atoms with E-state index >= 15 is 0 Å². The Morgan fingerprint density at radius 3 is 2.53 bits per heavy atom. The highest BCUT2D eigenvalue weighted by atomic mass is 19.4. The van der Waals surface area contributed by atoms with E-state index in [-0.39, 0.29) is 30.9 Å². The van der Waals surface area contributed by atoms with Crippen molar-refractivity contribution in [3.63, 3.8) is 0 Å². The standard InChI is InChI=1S/C19H19F5N4O2/c1-10(19(22,23)24)7-16(29)17-11(2)26-28-6-5-27(9-15(17)28)18(30)25-12-3-4-13(20)14(21)8-12/h3-4,8,10H,5-7,9H2,1-2H3,(H,25,30)/t10-/m0/s1. The number of aryl methyl sites for hydroxylation is 1. The topological polar surface area (TPSA) is 67.2 Å². The number of benzene rings is 1. The van der Waals surface area contributed by atoms with Crippen molar-refractivity contribution >= 4 is 17.5 Å². The lowest BCUT2D eigenvalue weighted by Crippen LogP contribution is -2.41. The number of alkyl halides is 3. The van der Waals surface area contributed by atoms with Crippen LogP contribution in [0.4, 0.5) is 32.4 Å².